The SMILES string of the molecule is CC(=O)N1CCC(N(C)C)c2cc(O)c3c(c21)C[C@H]1C[C@H]2[C@@H](N(C)C)C(O)=C(C(N)=O)C(=O)[C@@]2(O)C(O)=C1C3=O. The van der Waals surface area contributed by atoms with Crippen LogP contribution in [0.4, 0.5) is 5.69 Å². The third-order valence-corrected chi connectivity index (χ3v) is 8.98. The monoisotopic (exact) mass is 554 g/mol. The highest BCUT2D eigenvalue weighted by molar-refractivity contribution is 6.25. The van der Waals surface area contributed by atoms with Gasteiger partial charge in [-0.1, -0.05) is 0 Å². The fourth-order valence-electron chi connectivity index (χ4n) is 7.28. The molecule has 1 heterocycles. The van der Waals surface area contributed by atoms with E-state index in [1.165, 1.54) is 17.9 Å². The Morgan fingerprint density at radius 1 is 1.10 bits per heavy atom. The quantitative estimate of drug-likeness (QED) is 0.329. The number of amides is 2. The lowest BCUT2D eigenvalue weighted by atomic mass is 9.58. The van der Waals surface area contributed by atoms with Crippen molar-refractivity contribution in [2.24, 2.45) is 17.6 Å². The molecule has 6 N–H and O–H groups in total. The average Bonchev–Trinajstić information content (AvgIpc) is 2.84. The van der Waals surface area contributed by atoms with Gasteiger partial charge in [0.05, 0.1) is 17.3 Å². The predicted molar refractivity (Wildman–Crippen MR) is 143 cm³/mol. The number of nitrogens with two attached hydrogens (primary N) is 1. The summed E-state index contributed by atoms with van der Waals surface area (Å²) in [7, 11) is 6.94. The molecule has 12 nitrogen and oxygen atoms in total. The van der Waals surface area contributed by atoms with Crippen LogP contribution in [0.25, 0.3) is 0 Å². The first-order valence-corrected chi connectivity index (χ1v) is 13.1. The molecule has 1 unspecified atom stereocenters. The Morgan fingerprint density at radius 3 is 2.30 bits per heavy atom. The van der Waals surface area contributed by atoms with Crippen LogP contribution in [0.2, 0.25) is 0 Å². The molecule has 1 aromatic rings. The Hall–Kier alpha value is -3.74. The van der Waals surface area contributed by atoms with E-state index >= 15 is 0 Å². The van der Waals surface area contributed by atoms with Gasteiger partial charge in [0.1, 0.15) is 22.8 Å². The van der Waals surface area contributed by atoms with Crippen LogP contribution in [0.15, 0.2) is 28.7 Å². The Balaban J connectivity index is 1.75. The molecule has 0 fully saturated rings. The fourth-order valence-corrected chi connectivity index (χ4v) is 7.28. The number of anilines is 1. The Bertz CT molecular complexity index is 1440. The van der Waals surface area contributed by atoms with E-state index < -0.39 is 58.0 Å². The molecule has 0 radical (unpaired) electrons. The summed E-state index contributed by atoms with van der Waals surface area (Å²) in [4.78, 5) is 57.3. The largest absolute Gasteiger partial charge is 0.510 e. The molecule has 40 heavy (non-hydrogen) atoms. The normalized spacial score (nSPS) is 29.9. The van der Waals surface area contributed by atoms with Gasteiger partial charge in [0, 0.05) is 31.0 Å². The van der Waals surface area contributed by atoms with E-state index in [2.05, 4.69) is 0 Å². The standard InChI is InChI=1S/C28H34N4O8/c1-11(33)32-7-6-16(30(2)3)13-10-17(34)19-14(21(13)32)8-12-9-15-22(31(4)5)24(36)20(27(29)39)26(38)28(15,40)25(37)18(12)23(19)35/h10,12,15-16,22,34,36-37,40H,6-9H2,1-5H3,(H2,29,39)/t12-,15-,16?,22+,28-/m0/s1. The van der Waals surface area contributed by atoms with Crippen molar-refractivity contribution >= 4 is 29.1 Å². The minimum atomic E-state index is -2.70. The van der Waals surface area contributed by atoms with Crippen molar-refractivity contribution in [2.75, 3.05) is 39.6 Å². The lowest BCUT2D eigenvalue weighted by molar-refractivity contribution is -0.148. The number of allylic oxidation sites excluding steroid dienone is 1. The number of phenols is 1. The highest BCUT2D eigenvalue weighted by Crippen LogP contribution is 2.54. The van der Waals surface area contributed by atoms with Gasteiger partial charge in [-0.25, -0.2) is 0 Å². The number of carbonyl (C=O) groups excluding carboxylic acids is 4. The first-order chi connectivity index (χ1) is 18.6. The van der Waals surface area contributed by atoms with Crippen molar-refractivity contribution < 1.29 is 39.6 Å². The van der Waals surface area contributed by atoms with Crippen LogP contribution in [0.5, 0.6) is 5.75 Å². The van der Waals surface area contributed by atoms with E-state index in [9.17, 15) is 39.6 Å². The van der Waals surface area contributed by atoms with E-state index in [-0.39, 0.29) is 41.7 Å². The number of Topliss-reactive ketones (excluding diaryl/α,β-unsaturated/α-hetero) is 2. The van der Waals surface area contributed by atoms with Gasteiger partial charge < -0.3 is 36.0 Å². The zero-order valence-corrected chi connectivity index (χ0v) is 23.1. The number of benzene rings is 1. The smallest absolute Gasteiger partial charge is 0.255 e. The van der Waals surface area contributed by atoms with Crippen LogP contribution in [0.3, 0.4) is 0 Å². The summed E-state index contributed by atoms with van der Waals surface area (Å²) in [5, 5.41) is 45.2. The molecule has 0 bridgehead atoms. The molecule has 214 valence electrons. The second-order valence-corrected chi connectivity index (χ2v) is 11.6. The molecule has 0 spiro atoms. The van der Waals surface area contributed by atoms with Crippen LogP contribution >= 0.6 is 0 Å². The predicted octanol–water partition coefficient (Wildman–Crippen LogP) is 0.480. The Morgan fingerprint density at radius 2 is 1.75 bits per heavy atom. The number of aromatic hydroxyl groups is 1. The van der Waals surface area contributed by atoms with Gasteiger partial charge in [0.15, 0.2) is 11.4 Å². The van der Waals surface area contributed by atoms with Crippen molar-refractivity contribution in [3.05, 3.63) is 45.4 Å². The number of primary amides is 1. The molecule has 5 atom stereocenters. The number of phenolic OH excluding ortho intramolecular Hbond substituents is 1. The maximum absolute atomic E-state index is 14.0. The van der Waals surface area contributed by atoms with Gasteiger partial charge in [0.2, 0.25) is 11.7 Å². The van der Waals surface area contributed by atoms with E-state index in [1.807, 2.05) is 19.0 Å². The van der Waals surface area contributed by atoms with E-state index in [0.717, 1.165) is 0 Å². The third-order valence-electron chi connectivity index (χ3n) is 8.98. The fraction of sp³-hybridized carbons (Fsp3) is 0.500. The topological polar surface area (TPSA) is 185 Å². The zero-order valence-electron chi connectivity index (χ0n) is 23.1. The van der Waals surface area contributed by atoms with Crippen LogP contribution in [0, 0.1) is 11.8 Å². The number of nitrogens with zero attached hydrogens (tertiary/aromatic N) is 3. The number of likely N-dealkylation sites (N-methyl/N-ethyl adjacent to an activating group) is 1. The molecule has 5 rings (SSSR count). The lowest BCUT2D eigenvalue weighted by Gasteiger charge is -2.50. The Labute approximate surface area is 231 Å². The second-order valence-electron chi connectivity index (χ2n) is 11.6. The molecule has 0 aromatic heterocycles. The third kappa shape index (κ3) is 3.55. The number of hydrogen-bond acceptors (Lipinski definition) is 10. The van der Waals surface area contributed by atoms with Crippen molar-refractivity contribution in [3.8, 4) is 5.75 Å². The number of ketones is 2. The van der Waals surface area contributed by atoms with Crippen molar-refractivity contribution in [1.29, 1.82) is 0 Å². The van der Waals surface area contributed by atoms with E-state index in [0.29, 0.717) is 29.8 Å². The minimum Gasteiger partial charge on any atom is -0.510 e. The van der Waals surface area contributed by atoms with Crippen LogP contribution in [-0.2, 0) is 20.8 Å². The number of carbonyl (C=O) groups is 4. The van der Waals surface area contributed by atoms with Gasteiger partial charge in [0.25, 0.3) is 5.91 Å². The number of fused-ring (bicyclic) bond motifs is 5. The second kappa shape index (κ2) is 9.15. The van der Waals surface area contributed by atoms with Crippen molar-refractivity contribution in [3.63, 3.8) is 0 Å². The summed E-state index contributed by atoms with van der Waals surface area (Å²) in [5.41, 5.74) is 3.18. The van der Waals surface area contributed by atoms with Gasteiger partial charge in [-0.2, -0.15) is 0 Å². The molecular formula is C28H34N4O8. The van der Waals surface area contributed by atoms with Crippen LogP contribution < -0.4 is 10.6 Å². The molecular weight excluding hydrogens is 520 g/mol. The Kier molecular flexibility index (Phi) is 6.36. The summed E-state index contributed by atoms with van der Waals surface area (Å²) in [6.07, 6.45) is 0.721. The molecule has 3 aliphatic carbocycles. The minimum absolute atomic E-state index is 0.0205. The van der Waals surface area contributed by atoms with Crippen molar-refractivity contribution in [2.45, 2.75) is 43.9 Å². The van der Waals surface area contributed by atoms with Gasteiger partial charge in [-0.3, -0.25) is 24.1 Å². The number of aliphatic hydroxyl groups excluding tert-OH is 2. The molecule has 0 saturated heterocycles. The maximum Gasteiger partial charge on any atom is 0.255 e. The van der Waals surface area contributed by atoms with Gasteiger partial charge >= 0.3 is 0 Å². The summed E-state index contributed by atoms with van der Waals surface area (Å²) in [6.45, 7) is 1.84. The van der Waals surface area contributed by atoms with Gasteiger partial charge in [-0.05, 0) is 70.6 Å². The van der Waals surface area contributed by atoms with E-state index in [4.69, 9.17) is 5.73 Å². The van der Waals surface area contributed by atoms with Gasteiger partial charge in [-0.15, -0.1) is 0 Å². The van der Waals surface area contributed by atoms with Crippen molar-refractivity contribution in [1.82, 2.24) is 9.80 Å². The summed E-state index contributed by atoms with van der Waals surface area (Å²) in [6, 6.07) is 0.265. The highest BCUT2D eigenvalue weighted by atomic mass is 16.3. The number of aliphatic hydroxyl groups is 3. The summed E-state index contributed by atoms with van der Waals surface area (Å²) >= 11 is 0. The molecule has 2 amide bonds. The molecule has 12 heteroatoms. The number of hydrogen-bond donors (Lipinski definition) is 5. The first kappa shape index (κ1) is 27.8. The summed E-state index contributed by atoms with van der Waals surface area (Å²) in [5.74, 6) is -7.27. The molecule has 0 saturated carbocycles. The highest BCUT2D eigenvalue weighted by Gasteiger charge is 2.63. The zero-order chi connectivity index (χ0) is 29.6. The summed E-state index contributed by atoms with van der Waals surface area (Å²) < 4.78 is 0. The molecule has 4 aliphatic rings. The lowest BCUT2D eigenvalue weighted by Crippen LogP contribution is -2.63. The molecule has 1 aliphatic heterocycles. The van der Waals surface area contributed by atoms with Crippen LogP contribution in [0.1, 0.15) is 47.3 Å². The maximum atomic E-state index is 14.0. The first-order valence-electron chi connectivity index (χ1n) is 13.1. The van der Waals surface area contributed by atoms with E-state index in [1.54, 1.807) is 19.0 Å². The molecule has 1 aromatic carbocycles. The van der Waals surface area contributed by atoms with Crippen LogP contribution in [-0.4, -0.2) is 100.0 Å². The number of rotatable bonds is 3. The average molecular weight is 555 g/mol.